The van der Waals surface area contributed by atoms with Gasteiger partial charge in [-0.15, -0.1) is 0 Å². The van der Waals surface area contributed by atoms with Gasteiger partial charge >= 0.3 is 0 Å². The van der Waals surface area contributed by atoms with Crippen molar-refractivity contribution in [1.29, 1.82) is 5.26 Å². The Hall–Kier alpha value is -3.94. The summed E-state index contributed by atoms with van der Waals surface area (Å²) in [5.41, 5.74) is 7.47. The Bertz CT molecular complexity index is 1300. The molecule has 2 amide bonds. The van der Waals surface area contributed by atoms with Crippen LogP contribution in [0.2, 0.25) is 0 Å². The number of carbonyl (C=O) groups excluding carboxylic acids is 2. The van der Waals surface area contributed by atoms with E-state index in [1.54, 1.807) is 26.5 Å². The van der Waals surface area contributed by atoms with Crippen LogP contribution in [0.25, 0.3) is 17.0 Å². The third kappa shape index (κ3) is 3.38. The van der Waals surface area contributed by atoms with Gasteiger partial charge in [-0.1, -0.05) is 6.92 Å². The summed E-state index contributed by atoms with van der Waals surface area (Å²) in [5.74, 6) is -0.552. The van der Waals surface area contributed by atoms with Crippen LogP contribution in [-0.2, 0) is 11.8 Å². The predicted octanol–water partition coefficient (Wildman–Crippen LogP) is 1.18. The van der Waals surface area contributed by atoms with Gasteiger partial charge in [0.05, 0.1) is 35.4 Å². The number of aryl methyl sites for hydroxylation is 1. The van der Waals surface area contributed by atoms with Crippen LogP contribution in [0.5, 0.6) is 0 Å². The lowest BCUT2D eigenvalue weighted by Gasteiger charge is -2.21. The largest absolute Gasteiger partial charge is 0.376 e. The van der Waals surface area contributed by atoms with Crippen molar-refractivity contribution in [2.24, 2.45) is 24.1 Å². The average Bonchev–Trinajstić information content (AvgIpc) is 3.10. The van der Waals surface area contributed by atoms with E-state index in [1.165, 1.54) is 6.20 Å². The third-order valence-electron chi connectivity index (χ3n) is 6.80. The molecule has 11 heteroatoms. The SMILES string of the molecule is CC[C@@H]1CN(C(=O)C2(C#N)CC2)C[C@H]1Nc1c(C(N)=O)cnn2cc(-c3ccnn3C)nc12. The molecule has 170 valence electrons. The molecule has 2 aliphatic rings. The lowest BCUT2D eigenvalue weighted by molar-refractivity contribution is -0.134. The highest BCUT2D eigenvalue weighted by molar-refractivity contribution is 6.01. The van der Waals surface area contributed by atoms with E-state index < -0.39 is 11.3 Å². The zero-order valence-corrected chi connectivity index (χ0v) is 18.5. The summed E-state index contributed by atoms with van der Waals surface area (Å²) >= 11 is 0. The fraction of sp³-hybridized carbons (Fsp3) is 0.455. The van der Waals surface area contributed by atoms with Crippen molar-refractivity contribution in [2.45, 2.75) is 32.2 Å². The number of anilines is 1. The average molecular weight is 448 g/mol. The highest BCUT2D eigenvalue weighted by Crippen LogP contribution is 2.47. The molecule has 0 spiro atoms. The number of likely N-dealkylation sites (tertiary alicyclic amines) is 1. The summed E-state index contributed by atoms with van der Waals surface area (Å²) in [7, 11) is 1.82. The fourth-order valence-corrected chi connectivity index (χ4v) is 4.61. The summed E-state index contributed by atoms with van der Waals surface area (Å²) < 4.78 is 3.31. The minimum atomic E-state index is -0.851. The molecule has 11 nitrogen and oxygen atoms in total. The van der Waals surface area contributed by atoms with E-state index in [9.17, 15) is 14.9 Å². The maximum atomic E-state index is 12.9. The second-order valence-corrected chi connectivity index (χ2v) is 8.86. The molecular weight excluding hydrogens is 422 g/mol. The van der Waals surface area contributed by atoms with Gasteiger partial charge in [-0.25, -0.2) is 9.50 Å². The minimum Gasteiger partial charge on any atom is -0.376 e. The van der Waals surface area contributed by atoms with Gasteiger partial charge in [0, 0.05) is 32.4 Å². The van der Waals surface area contributed by atoms with Gasteiger partial charge in [-0.05, 0) is 31.2 Å². The van der Waals surface area contributed by atoms with Gasteiger partial charge in [-0.3, -0.25) is 14.3 Å². The third-order valence-corrected chi connectivity index (χ3v) is 6.80. The van der Waals surface area contributed by atoms with Crippen molar-refractivity contribution in [2.75, 3.05) is 18.4 Å². The number of hydrogen-bond donors (Lipinski definition) is 2. The number of nitriles is 1. The molecule has 1 saturated heterocycles. The van der Waals surface area contributed by atoms with E-state index in [4.69, 9.17) is 10.7 Å². The van der Waals surface area contributed by atoms with Crippen LogP contribution in [0.15, 0.2) is 24.7 Å². The zero-order valence-electron chi connectivity index (χ0n) is 18.5. The minimum absolute atomic E-state index is 0.0953. The highest BCUT2D eigenvalue weighted by atomic mass is 16.2. The maximum absolute atomic E-state index is 12.9. The van der Waals surface area contributed by atoms with Crippen LogP contribution in [0.4, 0.5) is 5.69 Å². The standard InChI is InChI=1S/C22H25N9O2/c1-3-13-9-30(21(33)22(12-23)5-6-22)10-15(13)27-18-14(19(24)32)8-26-31-11-16(28-20(18)31)17-4-7-25-29(17)2/h4,7-8,11,13,15,27H,3,5-6,9-10H2,1-2H3,(H2,24,32)/t13-,15-/m1/s1. The summed E-state index contributed by atoms with van der Waals surface area (Å²) in [4.78, 5) is 31.7. The number of primary amides is 1. The molecule has 0 aromatic carbocycles. The van der Waals surface area contributed by atoms with E-state index in [2.05, 4.69) is 28.5 Å². The van der Waals surface area contributed by atoms with Gasteiger partial charge in [0.15, 0.2) is 5.65 Å². The number of carbonyl (C=O) groups is 2. The molecule has 0 unspecified atom stereocenters. The second kappa shape index (κ2) is 7.58. The molecule has 3 N–H and O–H groups in total. The first-order valence-electron chi connectivity index (χ1n) is 11.0. The van der Waals surface area contributed by atoms with Crippen molar-refractivity contribution >= 4 is 23.1 Å². The second-order valence-electron chi connectivity index (χ2n) is 8.86. The van der Waals surface area contributed by atoms with E-state index in [0.29, 0.717) is 43.0 Å². The first kappa shape index (κ1) is 20.9. The number of rotatable bonds is 6. The Morgan fingerprint density at radius 2 is 2.12 bits per heavy atom. The lowest BCUT2D eigenvalue weighted by atomic mass is 10.0. The van der Waals surface area contributed by atoms with E-state index in [-0.39, 0.29) is 23.4 Å². The van der Waals surface area contributed by atoms with Crippen molar-refractivity contribution in [1.82, 2.24) is 29.3 Å². The van der Waals surface area contributed by atoms with Crippen LogP contribution in [0.3, 0.4) is 0 Å². The van der Waals surface area contributed by atoms with E-state index >= 15 is 0 Å². The molecule has 3 aromatic rings. The molecule has 0 radical (unpaired) electrons. The molecule has 2 fully saturated rings. The van der Waals surface area contributed by atoms with Crippen molar-refractivity contribution in [3.05, 3.63) is 30.2 Å². The van der Waals surface area contributed by atoms with Crippen LogP contribution >= 0.6 is 0 Å². The molecule has 1 saturated carbocycles. The van der Waals surface area contributed by atoms with Crippen LogP contribution in [0, 0.1) is 22.7 Å². The topological polar surface area (TPSA) is 147 Å². The number of imidazole rings is 1. The Morgan fingerprint density at radius 3 is 2.73 bits per heavy atom. The quantitative estimate of drug-likeness (QED) is 0.576. The lowest BCUT2D eigenvalue weighted by Crippen LogP contribution is -2.36. The first-order chi connectivity index (χ1) is 15.9. The molecule has 33 heavy (non-hydrogen) atoms. The van der Waals surface area contributed by atoms with Gasteiger partial charge in [0.2, 0.25) is 5.91 Å². The molecule has 5 rings (SSSR count). The van der Waals surface area contributed by atoms with Crippen LogP contribution in [0.1, 0.15) is 36.5 Å². The molecule has 1 aliphatic heterocycles. The Balaban J connectivity index is 1.50. The van der Waals surface area contributed by atoms with Gasteiger partial charge in [0.25, 0.3) is 5.91 Å². The number of nitrogens with zero attached hydrogens (tertiary/aromatic N) is 7. The van der Waals surface area contributed by atoms with Gasteiger partial charge in [0.1, 0.15) is 11.1 Å². The molecule has 1 aliphatic carbocycles. The highest BCUT2D eigenvalue weighted by Gasteiger charge is 2.54. The van der Waals surface area contributed by atoms with E-state index in [0.717, 1.165) is 12.1 Å². The Kier molecular flexibility index (Phi) is 4.81. The monoisotopic (exact) mass is 447 g/mol. The summed E-state index contributed by atoms with van der Waals surface area (Å²) in [6, 6.07) is 3.93. The number of nitrogens with one attached hydrogen (secondary N) is 1. The Labute approximate surface area is 190 Å². The Morgan fingerprint density at radius 1 is 1.33 bits per heavy atom. The number of fused-ring (bicyclic) bond motifs is 1. The van der Waals surface area contributed by atoms with Crippen molar-refractivity contribution < 1.29 is 9.59 Å². The zero-order chi connectivity index (χ0) is 23.3. The molecular formula is C22H25N9O2. The number of amides is 2. The molecule has 2 atom stereocenters. The molecule has 0 bridgehead atoms. The smallest absolute Gasteiger partial charge is 0.252 e. The summed E-state index contributed by atoms with van der Waals surface area (Å²) in [6.45, 7) is 3.08. The first-order valence-corrected chi connectivity index (χ1v) is 11.0. The maximum Gasteiger partial charge on any atom is 0.252 e. The van der Waals surface area contributed by atoms with Crippen molar-refractivity contribution in [3.8, 4) is 17.5 Å². The van der Waals surface area contributed by atoms with Gasteiger partial charge < -0.3 is 16.0 Å². The summed E-state index contributed by atoms with van der Waals surface area (Å²) in [5, 5.41) is 21.4. The number of hydrogen-bond acceptors (Lipinski definition) is 7. The summed E-state index contributed by atoms with van der Waals surface area (Å²) in [6.07, 6.45) is 6.96. The number of aromatic nitrogens is 5. The van der Waals surface area contributed by atoms with Gasteiger partial charge in [-0.2, -0.15) is 15.5 Å². The predicted molar refractivity (Wildman–Crippen MR) is 119 cm³/mol. The molecule has 4 heterocycles. The number of nitrogens with two attached hydrogens (primary N) is 1. The van der Waals surface area contributed by atoms with Crippen molar-refractivity contribution in [3.63, 3.8) is 0 Å². The van der Waals surface area contributed by atoms with Crippen LogP contribution in [-0.4, -0.2) is 60.2 Å². The fourth-order valence-electron chi connectivity index (χ4n) is 4.61. The normalized spacial score (nSPS) is 21.2. The van der Waals surface area contributed by atoms with Crippen LogP contribution < -0.4 is 11.1 Å². The molecule has 3 aromatic heterocycles. The van der Waals surface area contributed by atoms with E-state index in [1.807, 2.05) is 13.1 Å².